The summed E-state index contributed by atoms with van der Waals surface area (Å²) in [5.74, 6) is 5.84. The van der Waals surface area contributed by atoms with Crippen LogP contribution in [0.2, 0.25) is 0 Å². The molecule has 0 aliphatic carbocycles. The number of carbonyl (C=O) groups is 1. The topological polar surface area (TPSA) is 82.2 Å². The van der Waals surface area contributed by atoms with Crippen molar-refractivity contribution < 1.29 is 9.53 Å². The Morgan fingerprint density at radius 1 is 1.03 bits per heavy atom. The van der Waals surface area contributed by atoms with Crippen LogP contribution in [-0.2, 0) is 19.6 Å². The van der Waals surface area contributed by atoms with E-state index in [2.05, 4.69) is 68.7 Å². The Labute approximate surface area is 230 Å². The third kappa shape index (κ3) is 6.97. The first kappa shape index (κ1) is 27.7. The van der Waals surface area contributed by atoms with E-state index in [1.54, 1.807) is 6.20 Å². The average molecular weight is 531 g/mol. The molecule has 0 atom stereocenters. The number of nitrogens with zero attached hydrogens (tertiary/aromatic N) is 2. The summed E-state index contributed by atoms with van der Waals surface area (Å²) in [7, 11) is 0. The maximum Gasteiger partial charge on any atom is 0.265 e. The Morgan fingerprint density at radius 3 is 2.37 bits per heavy atom. The standard InChI is InChI=1S/C31H38N4O2S/c1-30(2,3)18-27-28(38-31(4,5)6)25-17-24(37-20-23-9-7-8-16-33-23)14-15-26(25)35(27)19-21-10-12-22(13-11-21)29(36)34-32/h7-17H,18-20,32H2,1-6H3,(H,34,36). The average Bonchev–Trinajstić information content (AvgIpc) is 3.12. The van der Waals surface area contributed by atoms with Crippen LogP contribution in [-0.4, -0.2) is 20.2 Å². The number of hydrogen-bond acceptors (Lipinski definition) is 5. The third-order valence-corrected chi connectivity index (χ3v) is 7.27. The number of nitrogens with one attached hydrogen (secondary N) is 1. The van der Waals surface area contributed by atoms with Gasteiger partial charge < -0.3 is 9.30 Å². The fourth-order valence-corrected chi connectivity index (χ4v) is 5.58. The minimum absolute atomic E-state index is 0.0355. The maximum atomic E-state index is 11.9. The molecule has 4 aromatic rings. The van der Waals surface area contributed by atoms with Gasteiger partial charge in [-0.2, -0.15) is 0 Å². The molecular weight excluding hydrogens is 492 g/mol. The highest BCUT2D eigenvalue weighted by Gasteiger charge is 2.26. The van der Waals surface area contributed by atoms with Gasteiger partial charge in [-0.15, -0.1) is 11.8 Å². The van der Waals surface area contributed by atoms with Crippen LogP contribution in [0.4, 0.5) is 0 Å². The number of pyridine rings is 1. The Bertz CT molecular complexity index is 1400. The number of ether oxygens (including phenoxy) is 1. The monoisotopic (exact) mass is 530 g/mol. The zero-order chi connectivity index (χ0) is 27.5. The largest absolute Gasteiger partial charge is 0.487 e. The van der Waals surface area contributed by atoms with E-state index in [-0.39, 0.29) is 16.1 Å². The maximum absolute atomic E-state index is 11.9. The molecule has 2 aromatic heterocycles. The number of rotatable bonds is 8. The van der Waals surface area contributed by atoms with Crippen LogP contribution in [0.25, 0.3) is 10.9 Å². The lowest BCUT2D eigenvalue weighted by Gasteiger charge is -2.24. The van der Waals surface area contributed by atoms with Gasteiger partial charge in [0.15, 0.2) is 0 Å². The smallest absolute Gasteiger partial charge is 0.265 e. The van der Waals surface area contributed by atoms with Crippen molar-refractivity contribution in [1.82, 2.24) is 15.0 Å². The first-order valence-corrected chi connectivity index (χ1v) is 13.7. The summed E-state index contributed by atoms with van der Waals surface area (Å²) in [4.78, 5) is 17.6. The van der Waals surface area contributed by atoms with Crippen molar-refractivity contribution in [3.05, 3.63) is 89.4 Å². The van der Waals surface area contributed by atoms with Gasteiger partial charge in [0.05, 0.1) is 5.69 Å². The van der Waals surface area contributed by atoms with Crippen molar-refractivity contribution in [2.24, 2.45) is 11.3 Å². The number of nitrogens with two attached hydrogens (primary N) is 1. The molecule has 200 valence electrons. The molecule has 0 bridgehead atoms. The van der Waals surface area contributed by atoms with Gasteiger partial charge in [-0.3, -0.25) is 15.2 Å². The van der Waals surface area contributed by atoms with Crippen molar-refractivity contribution in [1.29, 1.82) is 0 Å². The van der Waals surface area contributed by atoms with Crippen molar-refractivity contribution in [3.8, 4) is 5.75 Å². The predicted octanol–water partition coefficient (Wildman–Crippen LogP) is 6.75. The second-order valence-electron chi connectivity index (χ2n) is 11.8. The highest BCUT2D eigenvalue weighted by Crippen LogP contribution is 2.44. The summed E-state index contributed by atoms with van der Waals surface area (Å²) >= 11 is 1.91. The van der Waals surface area contributed by atoms with Gasteiger partial charge in [0.2, 0.25) is 0 Å². The summed E-state index contributed by atoms with van der Waals surface area (Å²) < 4.78 is 8.63. The lowest BCUT2D eigenvalue weighted by molar-refractivity contribution is 0.0953. The fraction of sp³-hybridized carbons (Fsp3) is 0.355. The lowest BCUT2D eigenvalue weighted by atomic mass is 9.90. The van der Waals surface area contributed by atoms with Crippen LogP contribution in [0.1, 0.15) is 68.9 Å². The molecule has 0 aliphatic rings. The highest BCUT2D eigenvalue weighted by molar-refractivity contribution is 8.00. The van der Waals surface area contributed by atoms with E-state index in [0.717, 1.165) is 23.4 Å². The Balaban J connectivity index is 1.80. The van der Waals surface area contributed by atoms with Gasteiger partial charge in [0, 0.05) is 44.5 Å². The molecule has 0 spiro atoms. The lowest BCUT2D eigenvalue weighted by Crippen LogP contribution is -2.29. The first-order chi connectivity index (χ1) is 17.9. The third-order valence-electron chi connectivity index (χ3n) is 6.00. The van der Waals surface area contributed by atoms with Crippen LogP contribution >= 0.6 is 11.8 Å². The van der Waals surface area contributed by atoms with E-state index in [0.29, 0.717) is 18.7 Å². The molecular formula is C31H38N4O2S. The minimum atomic E-state index is -0.293. The number of aromatic nitrogens is 2. The normalized spacial score (nSPS) is 12.1. The number of benzene rings is 2. The van der Waals surface area contributed by atoms with Gasteiger partial charge >= 0.3 is 0 Å². The Hall–Kier alpha value is -3.29. The van der Waals surface area contributed by atoms with Crippen LogP contribution in [0, 0.1) is 5.41 Å². The van der Waals surface area contributed by atoms with Crippen LogP contribution in [0.5, 0.6) is 5.75 Å². The van der Waals surface area contributed by atoms with Gasteiger partial charge in [-0.05, 0) is 59.9 Å². The molecule has 4 rings (SSSR count). The number of thioether (sulfide) groups is 1. The fourth-order valence-electron chi connectivity index (χ4n) is 4.39. The second-order valence-corrected chi connectivity index (χ2v) is 13.6. The SMILES string of the molecule is CC(C)(C)Cc1c(SC(C)(C)C)c2cc(OCc3ccccn3)ccc2n1Cc1ccc(C(=O)NN)cc1. The molecule has 0 saturated carbocycles. The molecule has 0 aliphatic heterocycles. The van der Waals surface area contributed by atoms with Gasteiger partial charge in [-0.1, -0.05) is 59.7 Å². The second kappa shape index (κ2) is 11.2. The number of nitrogen functional groups attached to an aromatic ring is 1. The van der Waals surface area contributed by atoms with Crippen molar-refractivity contribution in [2.75, 3.05) is 0 Å². The number of hydrazine groups is 1. The highest BCUT2D eigenvalue weighted by atomic mass is 32.2. The molecule has 2 aromatic carbocycles. The van der Waals surface area contributed by atoms with Crippen LogP contribution in [0.15, 0.2) is 71.8 Å². The number of hydrogen-bond donors (Lipinski definition) is 2. The molecule has 0 saturated heterocycles. The summed E-state index contributed by atoms with van der Waals surface area (Å²) in [6.45, 7) is 14.7. The molecule has 0 radical (unpaired) electrons. The van der Waals surface area contributed by atoms with E-state index in [4.69, 9.17) is 10.6 Å². The number of amides is 1. The predicted molar refractivity (Wildman–Crippen MR) is 156 cm³/mol. The minimum Gasteiger partial charge on any atom is -0.487 e. The molecule has 0 fully saturated rings. The van der Waals surface area contributed by atoms with Gasteiger partial charge in [0.25, 0.3) is 5.91 Å². The van der Waals surface area contributed by atoms with E-state index < -0.39 is 0 Å². The zero-order valence-corrected chi connectivity index (χ0v) is 24.0. The van der Waals surface area contributed by atoms with Crippen molar-refractivity contribution in [3.63, 3.8) is 0 Å². The molecule has 0 unspecified atom stereocenters. The van der Waals surface area contributed by atoms with E-state index in [9.17, 15) is 4.79 Å². The first-order valence-electron chi connectivity index (χ1n) is 12.9. The number of fused-ring (bicyclic) bond motifs is 1. The zero-order valence-electron chi connectivity index (χ0n) is 23.2. The summed E-state index contributed by atoms with van der Waals surface area (Å²) in [6.07, 6.45) is 2.71. The molecule has 38 heavy (non-hydrogen) atoms. The molecule has 7 heteroatoms. The molecule has 1 amide bonds. The van der Waals surface area contributed by atoms with E-state index >= 15 is 0 Å². The van der Waals surface area contributed by atoms with Crippen LogP contribution in [0.3, 0.4) is 0 Å². The quantitative estimate of drug-likeness (QED) is 0.114. The van der Waals surface area contributed by atoms with E-state index in [1.165, 1.54) is 21.5 Å². The van der Waals surface area contributed by atoms with Crippen molar-refractivity contribution in [2.45, 2.75) is 70.8 Å². The molecule has 3 N–H and O–H groups in total. The Morgan fingerprint density at radius 2 is 1.76 bits per heavy atom. The summed E-state index contributed by atoms with van der Waals surface area (Å²) in [5.41, 5.74) is 7.35. The van der Waals surface area contributed by atoms with E-state index in [1.807, 2.05) is 60.3 Å². The Kier molecular flexibility index (Phi) is 8.19. The van der Waals surface area contributed by atoms with Gasteiger partial charge in [-0.25, -0.2) is 5.84 Å². The summed E-state index contributed by atoms with van der Waals surface area (Å²) in [5, 5.41) is 1.20. The number of carbonyl (C=O) groups excluding carboxylic acids is 1. The van der Waals surface area contributed by atoms with Crippen molar-refractivity contribution >= 4 is 28.6 Å². The molecule has 2 heterocycles. The van der Waals surface area contributed by atoms with Crippen LogP contribution < -0.4 is 16.0 Å². The molecule has 6 nitrogen and oxygen atoms in total. The van der Waals surface area contributed by atoms with Gasteiger partial charge in [0.1, 0.15) is 12.4 Å². The summed E-state index contributed by atoms with van der Waals surface area (Å²) in [6, 6.07) is 19.9.